The lowest BCUT2D eigenvalue weighted by atomic mass is 9.67. The Labute approximate surface area is 264 Å². The zero-order chi connectivity index (χ0) is 32.3. The molecule has 3 amide bonds. The molecule has 12 heteroatoms. The van der Waals surface area contributed by atoms with Crippen LogP contribution in [0.5, 0.6) is 0 Å². The molecule has 5 rings (SSSR count). The summed E-state index contributed by atoms with van der Waals surface area (Å²) in [6.07, 6.45) is 5.55. The number of aromatic nitrogens is 4. The standard InChI is InChI=1S/C33H43N9O3/c1-21(35-20-29(43)42-15-7-8-26(42)19-34-2)18-33(32-36-38-39-37-32)27-13-11-24(30(44)40(3)4)16-22(27)9-10-23-17-25(12-14-28(23)33)31(45)41(5)6/h11-14,16-17,19,21,26,35H,7-10,15,18,20H2,1-6H3,(H,36,37,38,39)/t21-,26-/m0/s1. The largest absolute Gasteiger partial charge is 0.345 e. The molecule has 1 fully saturated rings. The summed E-state index contributed by atoms with van der Waals surface area (Å²) in [5, 5.41) is 19.2. The molecule has 0 spiro atoms. The van der Waals surface area contributed by atoms with Gasteiger partial charge in [-0.2, -0.15) is 5.21 Å². The van der Waals surface area contributed by atoms with Gasteiger partial charge in [0.15, 0.2) is 5.82 Å². The summed E-state index contributed by atoms with van der Waals surface area (Å²) in [7, 11) is 8.70. The van der Waals surface area contributed by atoms with Crippen LogP contribution < -0.4 is 5.32 Å². The van der Waals surface area contributed by atoms with E-state index in [0.717, 1.165) is 41.6 Å². The van der Waals surface area contributed by atoms with Crippen LogP contribution in [0.4, 0.5) is 0 Å². The molecule has 1 saturated heterocycles. The molecule has 0 unspecified atom stereocenters. The van der Waals surface area contributed by atoms with Gasteiger partial charge in [-0.25, -0.2) is 0 Å². The molecule has 45 heavy (non-hydrogen) atoms. The minimum absolute atomic E-state index is 0.0315. The van der Waals surface area contributed by atoms with E-state index in [0.29, 0.717) is 36.2 Å². The van der Waals surface area contributed by atoms with Crippen molar-refractivity contribution < 1.29 is 14.4 Å². The highest BCUT2D eigenvalue weighted by molar-refractivity contribution is 5.95. The molecule has 1 aromatic heterocycles. The smallest absolute Gasteiger partial charge is 0.253 e. The fraction of sp³-hybridized carbons (Fsp3) is 0.485. The Morgan fingerprint density at radius 2 is 1.64 bits per heavy atom. The van der Waals surface area contributed by atoms with E-state index in [4.69, 9.17) is 0 Å². The maximum atomic E-state index is 13.3. The van der Waals surface area contributed by atoms with Crippen molar-refractivity contribution in [3.8, 4) is 0 Å². The first-order chi connectivity index (χ1) is 21.6. The second-order valence-corrected chi connectivity index (χ2v) is 12.5. The van der Waals surface area contributed by atoms with Crippen molar-refractivity contribution in [1.82, 2.24) is 40.6 Å². The Kier molecular flexibility index (Phi) is 9.42. The van der Waals surface area contributed by atoms with Crippen molar-refractivity contribution in [3.63, 3.8) is 0 Å². The van der Waals surface area contributed by atoms with Gasteiger partial charge in [0, 0.05) is 65.2 Å². The average molecular weight is 614 g/mol. The number of rotatable bonds is 9. The van der Waals surface area contributed by atoms with Crippen LogP contribution in [-0.4, -0.2) is 120 Å². The quantitative estimate of drug-likeness (QED) is 0.352. The summed E-state index contributed by atoms with van der Waals surface area (Å²) < 4.78 is 0. The van der Waals surface area contributed by atoms with E-state index in [-0.39, 0.29) is 36.3 Å². The average Bonchev–Trinajstić information content (AvgIpc) is 3.72. The molecular formula is C33H43N9O3. The molecule has 2 aliphatic rings. The topological polar surface area (TPSA) is 140 Å². The lowest BCUT2D eigenvalue weighted by Crippen LogP contribution is -2.46. The number of nitrogens with zero attached hydrogens (tertiary/aromatic N) is 7. The number of fused-ring (bicyclic) bond motifs is 2. The molecule has 0 radical (unpaired) electrons. The minimum Gasteiger partial charge on any atom is -0.345 e. The van der Waals surface area contributed by atoms with Crippen LogP contribution in [0.1, 0.15) is 75.0 Å². The molecule has 2 heterocycles. The number of tetrazole rings is 1. The van der Waals surface area contributed by atoms with Gasteiger partial charge >= 0.3 is 0 Å². The molecule has 0 saturated carbocycles. The summed E-state index contributed by atoms with van der Waals surface area (Å²) in [5.41, 5.74) is 4.28. The lowest BCUT2D eigenvalue weighted by molar-refractivity contribution is -0.130. The van der Waals surface area contributed by atoms with E-state index < -0.39 is 5.41 Å². The summed E-state index contributed by atoms with van der Waals surface area (Å²) in [6, 6.07) is 11.5. The molecule has 1 aliphatic heterocycles. The summed E-state index contributed by atoms with van der Waals surface area (Å²) in [5.74, 6) is 0.373. The molecular weight excluding hydrogens is 570 g/mol. The second kappa shape index (κ2) is 13.3. The molecule has 0 bridgehead atoms. The highest BCUT2D eigenvalue weighted by atomic mass is 16.2. The third kappa shape index (κ3) is 6.24. The minimum atomic E-state index is -0.881. The fourth-order valence-corrected chi connectivity index (χ4v) is 6.85. The first-order valence-corrected chi connectivity index (χ1v) is 15.5. The number of hydrogen-bond acceptors (Lipinski definition) is 8. The molecule has 3 aromatic rings. The van der Waals surface area contributed by atoms with Crippen LogP contribution in [0, 0.1) is 0 Å². The van der Waals surface area contributed by atoms with E-state index >= 15 is 0 Å². The predicted molar refractivity (Wildman–Crippen MR) is 172 cm³/mol. The Balaban J connectivity index is 1.59. The number of amides is 3. The molecule has 238 valence electrons. The number of carbonyl (C=O) groups is 3. The molecule has 2 atom stereocenters. The number of nitrogens with one attached hydrogen (secondary N) is 2. The number of benzene rings is 2. The second-order valence-electron chi connectivity index (χ2n) is 12.5. The first kappa shape index (κ1) is 32.0. The van der Waals surface area contributed by atoms with Crippen molar-refractivity contribution in [2.75, 3.05) is 48.3 Å². The van der Waals surface area contributed by atoms with E-state index in [2.05, 4.69) is 37.9 Å². The van der Waals surface area contributed by atoms with Crippen molar-refractivity contribution in [2.45, 2.75) is 56.5 Å². The summed E-state index contributed by atoms with van der Waals surface area (Å²) in [4.78, 5) is 48.5. The highest BCUT2D eigenvalue weighted by Gasteiger charge is 2.46. The lowest BCUT2D eigenvalue weighted by Gasteiger charge is -2.36. The number of H-pyrrole nitrogens is 1. The normalized spacial score (nSPS) is 17.8. The number of hydrogen-bond donors (Lipinski definition) is 2. The number of likely N-dealkylation sites (tertiary alicyclic amines) is 1. The Morgan fingerprint density at radius 3 is 2.16 bits per heavy atom. The number of carbonyl (C=O) groups excluding carboxylic acids is 3. The van der Waals surface area contributed by atoms with Crippen LogP contribution >= 0.6 is 0 Å². The number of aryl methyl sites for hydroxylation is 2. The van der Waals surface area contributed by atoms with Gasteiger partial charge in [-0.3, -0.25) is 19.4 Å². The molecule has 2 N–H and O–H groups in total. The van der Waals surface area contributed by atoms with Gasteiger partial charge in [-0.15, -0.1) is 10.2 Å². The Morgan fingerprint density at radius 1 is 1.04 bits per heavy atom. The maximum absolute atomic E-state index is 13.3. The summed E-state index contributed by atoms with van der Waals surface area (Å²) in [6.45, 7) is 2.97. The van der Waals surface area contributed by atoms with Crippen LogP contribution in [0.3, 0.4) is 0 Å². The van der Waals surface area contributed by atoms with Crippen LogP contribution in [0.2, 0.25) is 0 Å². The van der Waals surface area contributed by atoms with Gasteiger partial charge in [0.05, 0.1) is 18.0 Å². The highest BCUT2D eigenvalue weighted by Crippen LogP contribution is 2.47. The summed E-state index contributed by atoms with van der Waals surface area (Å²) >= 11 is 0. The van der Waals surface area contributed by atoms with Gasteiger partial charge in [0.2, 0.25) is 5.91 Å². The van der Waals surface area contributed by atoms with E-state index in [1.807, 2.05) is 47.5 Å². The van der Waals surface area contributed by atoms with E-state index in [9.17, 15) is 14.4 Å². The van der Waals surface area contributed by atoms with Gasteiger partial charge in [-0.05, 0) is 85.5 Å². The Bertz CT molecular complexity index is 1510. The van der Waals surface area contributed by atoms with Crippen molar-refractivity contribution in [2.24, 2.45) is 4.99 Å². The van der Waals surface area contributed by atoms with E-state index in [1.54, 1.807) is 45.0 Å². The SMILES string of the molecule is CN=C[C@@H]1CCCN1C(=O)CN[C@@H](C)CC1(c2nn[nH]n2)c2ccc(C(=O)N(C)C)cc2CCc2cc(C(=O)N(C)C)ccc21. The number of aliphatic imine (C=N–C) groups is 1. The van der Waals surface area contributed by atoms with Crippen LogP contribution in [-0.2, 0) is 23.1 Å². The van der Waals surface area contributed by atoms with Gasteiger partial charge in [0.25, 0.3) is 11.8 Å². The molecule has 1 aliphatic carbocycles. The molecule has 12 nitrogen and oxygen atoms in total. The van der Waals surface area contributed by atoms with Crippen molar-refractivity contribution >= 4 is 23.9 Å². The third-order valence-corrected chi connectivity index (χ3v) is 8.98. The van der Waals surface area contributed by atoms with Crippen LogP contribution in [0.25, 0.3) is 0 Å². The molecule has 2 aromatic carbocycles. The monoisotopic (exact) mass is 613 g/mol. The van der Waals surface area contributed by atoms with Gasteiger partial charge < -0.3 is 20.0 Å². The zero-order valence-electron chi connectivity index (χ0n) is 27.0. The van der Waals surface area contributed by atoms with Crippen molar-refractivity contribution in [1.29, 1.82) is 0 Å². The van der Waals surface area contributed by atoms with Gasteiger partial charge in [-0.1, -0.05) is 17.3 Å². The zero-order valence-corrected chi connectivity index (χ0v) is 27.0. The van der Waals surface area contributed by atoms with Crippen LogP contribution in [0.15, 0.2) is 41.4 Å². The van der Waals surface area contributed by atoms with E-state index in [1.165, 1.54) is 0 Å². The first-order valence-electron chi connectivity index (χ1n) is 15.5. The Hall–Kier alpha value is -4.45. The van der Waals surface area contributed by atoms with Crippen molar-refractivity contribution in [3.05, 3.63) is 75.6 Å². The third-order valence-electron chi connectivity index (χ3n) is 8.98. The van der Waals surface area contributed by atoms with Gasteiger partial charge in [0.1, 0.15) is 0 Å². The fourth-order valence-electron chi connectivity index (χ4n) is 6.85. The number of aromatic amines is 1. The maximum Gasteiger partial charge on any atom is 0.253 e. The predicted octanol–water partition coefficient (Wildman–Crippen LogP) is 2.10.